The highest BCUT2D eigenvalue weighted by molar-refractivity contribution is 6.00. The third-order valence-electron chi connectivity index (χ3n) is 6.70. The predicted molar refractivity (Wildman–Crippen MR) is 151 cm³/mol. The molecule has 0 N–H and O–H groups in total. The normalized spacial score (nSPS) is 11.2. The molecule has 2 aromatic heterocycles. The van der Waals surface area contributed by atoms with Gasteiger partial charge in [0.2, 0.25) is 11.8 Å². The molecule has 0 unspecified atom stereocenters. The van der Waals surface area contributed by atoms with E-state index in [2.05, 4.69) is 58.5 Å². The second-order valence-electron chi connectivity index (χ2n) is 9.08. The maximum atomic E-state index is 6.29. The lowest BCUT2D eigenvalue weighted by Crippen LogP contribution is -1.89. The molecule has 0 aliphatic carbocycles. The summed E-state index contributed by atoms with van der Waals surface area (Å²) in [7, 11) is 0. The number of rotatable bonds is 5. The minimum Gasteiger partial charge on any atom is -0.436 e. The Kier molecular flexibility index (Phi) is 5.41. The van der Waals surface area contributed by atoms with Gasteiger partial charge in [0.25, 0.3) is 0 Å². The molecule has 0 atom stereocenters. The van der Waals surface area contributed by atoms with Gasteiger partial charge in [0.15, 0.2) is 11.5 Å². The van der Waals surface area contributed by atoms with Crippen LogP contribution in [-0.4, -0.2) is 9.97 Å². The SMILES string of the molecule is c1ccc(-c2cnc(-c3ccc(-c4ncc(-c5ccccc5)o4)c(-c4cccc5ccccc45)c3)o2)cc1. The van der Waals surface area contributed by atoms with E-state index in [-0.39, 0.29) is 0 Å². The fourth-order valence-corrected chi connectivity index (χ4v) is 4.82. The Morgan fingerprint density at radius 3 is 1.76 bits per heavy atom. The highest BCUT2D eigenvalue weighted by Gasteiger charge is 2.18. The lowest BCUT2D eigenvalue weighted by Gasteiger charge is -2.12. The van der Waals surface area contributed by atoms with E-state index in [1.807, 2.05) is 72.8 Å². The quantitative estimate of drug-likeness (QED) is 0.241. The molecule has 0 bridgehead atoms. The van der Waals surface area contributed by atoms with Crippen LogP contribution in [-0.2, 0) is 0 Å². The first kappa shape index (κ1) is 22.0. The fourth-order valence-electron chi connectivity index (χ4n) is 4.82. The number of aromatic nitrogens is 2. The van der Waals surface area contributed by atoms with Gasteiger partial charge in [0.1, 0.15) is 0 Å². The summed E-state index contributed by atoms with van der Waals surface area (Å²) in [6.45, 7) is 0. The molecule has 0 saturated heterocycles. The van der Waals surface area contributed by atoms with Crippen molar-refractivity contribution in [3.63, 3.8) is 0 Å². The van der Waals surface area contributed by atoms with Crippen molar-refractivity contribution in [1.29, 1.82) is 0 Å². The van der Waals surface area contributed by atoms with E-state index in [1.54, 1.807) is 12.4 Å². The molecule has 4 heteroatoms. The Labute approximate surface area is 219 Å². The standard InChI is InChI=1S/C34H22N2O2/c1-3-11-24(12-4-1)31-21-35-33(37-31)26-18-19-29(34-36-22-32(38-34)25-13-5-2-6-14-25)30(20-26)28-17-9-15-23-10-7-8-16-27(23)28/h1-22H. The van der Waals surface area contributed by atoms with E-state index in [0.29, 0.717) is 11.8 Å². The predicted octanol–water partition coefficient (Wildman–Crippen LogP) is 9.15. The van der Waals surface area contributed by atoms with Crippen LogP contribution in [0, 0.1) is 0 Å². The topological polar surface area (TPSA) is 52.1 Å². The summed E-state index contributed by atoms with van der Waals surface area (Å²) in [6, 6.07) is 40.9. The van der Waals surface area contributed by atoms with Crippen LogP contribution in [0.25, 0.3) is 67.5 Å². The van der Waals surface area contributed by atoms with Crippen LogP contribution in [0.5, 0.6) is 0 Å². The van der Waals surface area contributed by atoms with Gasteiger partial charge in [-0.1, -0.05) is 103 Å². The Morgan fingerprint density at radius 2 is 1.03 bits per heavy atom. The molecule has 0 amide bonds. The van der Waals surface area contributed by atoms with E-state index in [4.69, 9.17) is 8.83 Å². The molecule has 180 valence electrons. The van der Waals surface area contributed by atoms with E-state index in [9.17, 15) is 0 Å². The second kappa shape index (κ2) is 9.34. The van der Waals surface area contributed by atoms with Crippen LogP contribution in [0.1, 0.15) is 0 Å². The molecule has 0 aliphatic rings. The summed E-state index contributed by atoms with van der Waals surface area (Å²) in [6.07, 6.45) is 3.56. The largest absolute Gasteiger partial charge is 0.436 e. The summed E-state index contributed by atoms with van der Waals surface area (Å²) >= 11 is 0. The Hall–Kier alpha value is -5.22. The molecule has 0 saturated carbocycles. The summed E-state index contributed by atoms with van der Waals surface area (Å²) in [5, 5.41) is 2.32. The first-order chi connectivity index (χ1) is 18.8. The number of fused-ring (bicyclic) bond motifs is 1. The van der Waals surface area contributed by atoms with Crippen molar-refractivity contribution in [2.45, 2.75) is 0 Å². The molecular weight excluding hydrogens is 468 g/mol. The van der Waals surface area contributed by atoms with Crippen LogP contribution in [0.15, 0.2) is 143 Å². The lowest BCUT2D eigenvalue weighted by atomic mass is 9.93. The van der Waals surface area contributed by atoms with Gasteiger partial charge in [-0.25, -0.2) is 9.97 Å². The monoisotopic (exact) mass is 490 g/mol. The average Bonchev–Trinajstić information content (AvgIpc) is 3.69. The van der Waals surface area contributed by atoms with Gasteiger partial charge in [-0.3, -0.25) is 0 Å². The molecule has 0 radical (unpaired) electrons. The third kappa shape index (κ3) is 3.98. The third-order valence-corrected chi connectivity index (χ3v) is 6.70. The first-order valence-electron chi connectivity index (χ1n) is 12.5. The van der Waals surface area contributed by atoms with Crippen molar-refractivity contribution in [2.75, 3.05) is 0 Å². The van der Waals surface area contributed by atoms with Crippen molar-refractivity contribution in [3.05, 3.63) is 134 Å². The molecule has 0 spiro atoms. The molecule has 2 heterocycles. The Balaban J connectivity index is 1.39. The van der Waals surface area contributed by atoms with Crippen molar-refractivity contribution in [3.8, 4) is 56.7 Å². The zero-order valence-electron chi connectivity index (χ0n) is 20.4. The number of nitrogens with zero attached hydrogens (tertiary/aromatic N) is 2. The van der Waals surface area contributed by atoms with E-state index >= 15 is 0 Å². The Morgan fingerprint density at radius 1 is 0.421 bits per heavy atom. The van der Waals surface area contributed by atoms with Gasteiger partial charge in [-0.05, 0) is 40.1 Å². The van der Waals surface area contributed by atoms with E-state index < -0.39 is 0 Å². The van der Waals surface area contributed by atoms with Crippen molar-refractivity contribution < 1.29 is 8.83 Å². The molecule has 5 aromatic carbocycles. The smallest absolute Gasteiger partial charge is 0.227 e. The van der Waals surface area contributed by atoms with Crippen molar-refractivity contribution in [2.24, 2.45) is 0 Å². The molecule has 4 nitrogen and oxygen atoms in total. The molecular formula is C34H22N2O2. The summed E-state index contributed by atoms with van der Waals surface area (Å²) in [5.74, 6) is 2.59. The second-order valence-corrected chi connectivity index (χ2v) is 9.08. The van der Waals surface area contributed by atoms with Gasteiger partial charge < -0.3 is 8.83 Å². The Bertz CT molecular complexity index is 1860. The highest BCUT2D eigenvalue weighted by atomic mass is 16.4. The van der Waals surface area contributed by atoms with Crippen LogP contribution in [0.4, 0.5) is 0 Å². The molecule has 38 heavy (non-hydrogen) atoms. The van der Waals surface area contributed by atoms with Crippen molar-refractivity contribution >= 4 is 10.8 Å². The maximum Gasteiger partial charge on any atom is 0.227 e. The summed E-state index contributed by atoms with van der Waals surface area (Å²) in [4.78, 5) is 9.27. The van der Waals surface area contributed by atoms with Crippen LogP contribution >= 0.6 is 0 Å². The van der Waals surface area contributed by atoms with E-state index in [1.165, 1.54) is 5.39 Å². The minimum atomic E-state index is 0.564. The molecule has 0 aliphatic heterocycles. The summed E-state index contributed by atoms with van der Waals surface area (Å²) in [5.41, 5.74) is 5.86. The van der Waals surface area contributed by atoms with Crippen molar-refractivity contribution in [1.82, 2.24) is 9.97 Å². The first-order valence-corrected chi connectivity index (χ1v) is 12.5. The molecule has 0 fully saturated rings. The number of benzene rings is 5. The van der Waals surface area contributed by atoms with Gasteiger partial charge in [0, 0.05) is 22.3 Å². The number of hydrogen-bond acceptors (Lipinski definition) is 4. The number of oxazole rings is 2. The highest BCUT2D eigenvalue weighted by Crippen LogP contribution is 2.39. The average molecular weight is 491 g/mol. The number of hydrogen-bond donors (Lipinski definition) is 0. The summed E-state index contributed by atoms with van der Waals surface area (Å²) < 4.78 is 12.5. The van der Waals surface area contributed by atoms with Gasteiger partial charge in [-0.2, -0.15) is 0 Å². The molecule has 7 rings (SSSR count). The van der Waals surface area contributed by atoms with Gasteiger partial charge in [-0.15, -0.1) is 0 Å². The van der Waals surface area contributed by atoms with Crippen LogP contribution in [0.2, 0.25) is 0 Å². The molecule has 7 aromatic rings. The minimum absolute atomic E-state index is 0.564. The van der Waals surface area contributed by atoms with Crippen LogP contribution < -0.4 is 0 Å². The van der Waals surface area contributed by atoms with E-state index in [0.717, 1.165) is 50.3 Å². The maximum absolute atomic E-state index is 6.29. The zero-order valence-corrected chi connectivity index (χ0v) is 20.4. The van der Waals surface area contributed by atoms with Gasteiger partial charge in [0.05, 0.1) is 12.4 Å². The zero-order chi connectivity index (χ0) is 25.3. The lowest BCUT2D eigenvalue weighted by molar-refractivity contribution is 0.587. The van der Waals surface area contributed by atoms with Crippen LogP contribution in [0.3, 0.4) is 0 Å². The van der Waals surface area contributed by atoms with Gasteiger partial charge >= 0.3 is 0 Å². The fraction of sp³-hybridized carbons (Fsp3) is 0.